The molecule has 0 aliphatic carbocycles. The maximum atomic E-state index is 12.1. The second kappa shape index (κ2) is 4.73. The number of methoxy groups -OCH3 is 1. The predicted octanol–water partition coefficient (Wildman–Crippen LogP) is 1.43. The lowest BCUT2D eigenvalue weighted by molar-refractivity contribution is -0.151. The second-order valence-electron chi connectivity index (χ2n) is 4.45. The van der Waals surface area contributed by atoms with Gasteiger partial charge in [0.25, 0.3) is 0 Å². The number of allylic oxidation sites excluding steroid dienone is 1. The van der Waals surface area contributed by atoms with E-state index in [0.717, 1.165) is 12.0 Å². The zero-order chi connectivity index (χ0) is 12.4. The molecular weight excluding hydrogens is 218 g/mol. The Bertz CT molecular complexity index is 386. The summed E-state index contributed by atoms with van der Waals surface area (Å²) in [5.74, 6) is -0.299. The number of ether oxygens (including phenoxy) is 1. The van der Waals surface area contributed by atoms with Gasteiger partial charge in [0, 0.05) is 6.42 Å². The third kappa shape index (κ3) is 2.12. The van der Waals surface area contributed by atoms with Crippen LogP contribution in [-0.2, 0) is 14.3 Å². The number of hydrogen-bond acceptors (Lipinski definition) is 3. The highest BCUT2D eigenvalue weighted by molar-refractivity contribution is 5.86. The van der Waals surface area contributed by atoms with Gasteiger partial charge in [-0.15, -0.1) is 0 Å². The quantitative estimate of drug-likeness (QED) is 0.646. The number of fused-ring (bicyclic) bond motifs is 1. The van der Waals surface area contributed by atoms with E-state index < -0.39 is 6.04 Å². The average Bonchev–Trinajstić information content (AvgIpc) is 2.75. The van der Waals surface area contributed by atoms with E-state index in [2.05, 4.69) is 6.58 Å². The molecular formula is C13H17NO3. The Morgan fingerprint density at radius 2 is 2.29 bits per heavy atom. The van der Waals surface area contributed by atoms with Gasteiger partial charge >= 0.3 is 5.97 Å². The van der Waals surface area contributed by atoms with E-state index in [9.17, 15) is 9.59 Å². The first kappa shape index (κ1) is 11.9. The maximum absolute atomic E-state index is 12.1. The Labute approximate surface area is 101 Å². The Hall–Kier alpha value is -1.58. The summed E-state index contributed by atoms with van der Waals surface area (Å²) in [6.07, 6.45) is 6.54. The van der Waals surface area contributed by atoms with E-state index in [-0.39, 0.29) is 17.9 Å². The van der Waals surface area contributed by atoms with Crippen LogP contribution in [0.1, 0.15) is 25.7 Å². The molecule has 0 aromatic heterocycles. The van der Waals surface area contributed by atoms with Crippen molar-refractivity contribution >= 4 is 11.9 Å². The van der Waals surface area contributed by atoms with Crippen molar-refractivity contribution in [1.29, 1.82) is 0 Å². The molecule has 2 atom stereocenters. The normalized spacial score (nSPS) is 30.5. The minimum atomic E-state index is -0.430. The molecule has 2 heterocycles. The lowest BCUT2D eigenvalue weighted by Crippen LogP contribution is -2.46. The van der Waals surface area contributed by atoms with Gasteiger partial charge in [0.2, 0.25) is 5.91 Å². The van der Waals surface area contributed by atoms with E-state index in [1.54, 1.807) is 4.90 Å². The summed E-state index contributed by atoms with van der Waals surface area (Å²) in [6.45, 7) is 3.98. The SMILES string of the molecule is C=C1/C=C\CCC(=O)N2[C@@H]1CC[C@H]2C(=O)OC. The fourth-order valence-corrected chi connectivity index (χ4v) is 2.57. The fourth-order valence-electron chi connectivity index (χ4n) is 2.57. The van der Waals surface area contributed by atoms with Gasteiger partial charge in [-0.3, -0.25) is 4.79 Å². The molecule has 1 amide bonds. The monoisotopic (exact) mass is 235 g/mol. The third-order valence-corrected chi connectivity index (χ3v) is 3.43. The van der Waals surface area contributed by atoms with Gasteiger partial charge in [-0.25, -0.2) is 4.79 Å². The summed E-state index contributed by atoms with van der Waals surface area (Å²) in [5, 5.41) is 0. The minimum absolute atomic E-state index is 0.0217. The van der Waals surface area contributed by atoms with Crippen LogP contribution in [0.25, 0.3) is 0 Å². The average molecular weight is 235 g/mol. The van der Waals surface area contributed by atoms with Crippen molar-refractivity contribution in [3.05, 3.63) is 24.3 Å². The number of amides is 1. The Balaban J connectivity index is 2.28. The van der Waals surface area contributed by atoms with Gasteiger partial charge in [0.1, 0.15) is 6.04 Å². The predicted molar refractivity (Wildman–Crippen MR) is 63.2 cm³/mol. The molecule has 0 aromatic carbocycles. The van der Waals surface area contributed by atoms with Gasteiger partial charge in [-0.2, -0.15) is 0 Å². The molecule has 2 aliphatic heterocycles. The summed E-state index contributed by atoms with van der Waals surface area (Å²) < 4.78 is 4.76. The molecule has 0 spiro atoms. The number of rotatable bonds is 1. The molecule has 2 aliphatic rings. The second-order valence-corrected chi connectivity index (χ2v) is 4.45. The molecule has 4 nitrogen and oxygen atoms in total. The zero-order valence-corrected chi connectivity index (χ0v) is 10.0. The Kier molecular flexibility index (Phi) is 3.31. The van der Waals surface area contributed by atoms with E-state index in [0.29, 0.717) is 19.3 Å². The molecule has 2 rings (SSSR count). The lowest BCUT2D eigenvalue weighted by atomic mass is 10.0. The van der Waals surface area contributed by atoms with E-state index in [1.165, 1.54) is 7.11 Å². The van der Waals surface area contributed by atoms with Crippen molar-refractivity contribution in [2.75, 3.05) is 7.11 Å². The van der Waals surface area contributed by atoms with Gasteiger partial charge in [-0.1, -0.05) is 18.7 Å². The first-order valence-electron chi connectivity index (χ1n) is 5.89. The molecule has 1 fully saturated rings. The van der Waals surface area contributed by atoms with E-state index >= 15 is 0 Å². The molecule has 4 heteroatoms. The van der Waals surface area contributed by atoms with Crippen LogP contribution in [0.3, 0.4) is 0 Å². The molecule has 0 aromatic rings. The summed E-state index contributed by atoms with van der Waals surface area (Å²) in [4.78, 5) is 25.4. The molecule has 92 valence electrons. The third-order valence-electron chi connectivity index (χ3n) is 3.43. The molecule has 0 saturated carbocycles. The molecule has 0 N–H and O–H groups in total. The highest BCUT2D eigenvalue weighted by Crippen LogP contribution is 2.31. The van der Waals surface area contributed by atoms with Crippen molar-refractivity contribution in [3.63, 3.8) is 0 Å². The van der Waals surface area contributed by atoms with Gasteiger partial charge < -0.3 is 9.64 Å². The van der Waals surface area contributed by atoms with Crippen molar-refractivity contribution in [2.45, 2.75) is 37.8 Å². The summed E-state index contributed by atoms with van der Waals surface area (Å²) in [7, 11) is 1.36. The van der Waals surface area contributed by atoms with E-state index in [1.807, 2.05) is 12.2 Å². The summed E-state index contributed by atoms with van der Waals surface area (Å²) in [6, 6.07) is -0.469. The Morgan fingerprint density at radius 1 is 1.53 bits per heavy atom. The fraction of sp³-hybridized carbons (Fsp3) is 0.538. The van der Waals surface area contributed by atoms with Gasteiger partial charge in [0.15, 0.2) is 0 Å². The summed E-state index contributed by atoms with van der Waals surface area (Å²) in [5.41, 5.74) is 0.907. The highest BCUT2D eigenvalue weighted by atomic mass is 16.5. The Morgan fingerprint density at radius 3 is 3.00 bits per heavy atom. The molecule has 0 bridgehead atoms. The van der Waals surface area contributed by atoms with Crippen molar-refractivity contribution in [2.24, 2.45) is 0 Å². The van der Waals surface area contributed by atoms with Gasteiger partial charge in [0.05, 0.1) is 13.2 Å². The minimum Gasteiger partial charge on any atom is -0.467 e. The summed E-state index contributed by atoms with van der Waals surface area (Å²) >= 11 is 0. The van der Waals surface area contributed by atoms with Crippen molar-refractivity contribution < 1.29 is 14.3 Å². The molecule has 17 heavy (non-hydrogen) atoms. The van der Waals surface area contributed by atoms with Crippen molar-refractivity contribution in [3.8, 4) is 0 Å². The van der Waals surface area contributed by atoms with Crippen LogP contribution in [0.5, 0.6) is 0 Å². The number of nitrogens with zero attached hydrogens (tertiary/aromatic N) is 1. The number of carbonyl (C=O) groups is 2. The molecule has 1 saturated heterocycles. The van der Waals surface area contributed by atoms with Crippen LogP contribution in [0.2, 0.25) is 0 Å². The maximum Gasteiger partial charge on any atom is 0.328 e. The van der Waals surface area contributed by atoms with Crippen LogP contribution in [0.4, 0.5) is 0 Å². The molecule has 0 radical (unpaired) electrons. The van der Waals surface area contributed by atoms with Crippen LogP contribution in [-0.4, -0.2) is 36.0 Å². The zero-order valence-electron chi connectivity index (χ0n) is 10.0. The number of carbonyl (C=O) groups excluding carboxylic acids is 2. The van der Waals surface area contributed by atoms with Crippen LogP contribution >= 0.6 is 0 Å². The first-order chi connectivity index (χ1) is 8.15. The molecule has 0 unspecified atom stereocenters. The van der Waals surface area contributed by atoms with Crippen LogP contribution < -0.4 is 0 Å². The largest absolute Gasteiger partial charge is 0.467 e. The first-order valence-corrected chi connectivity index (χ1v) is 5.89. The smallest absolute Gasteiger partial charge is 0.328 e. The van der Waals surface area contributed by atoms with Crippen LogP contribution in [0.15, 0.2) is 24.3 Å². The van der Waals surface area contributed by atoms with Crippen LogP contribution in [0, 0.1) is 0 Å². The standard InChI is InChI=1S/C13H17NO3/c1-9-5-3-4-6-12(15)14-10(9)7-8-11(14)13(16)17-2/h3,5,10-11H,1,4,6-8H2,2H3/b5-3-/t10-,11+/m1/s1. The van der Waals surface area contributed by atoms with E-state index in [4.69, 9.17) is 4.74 Å². The lowest BCUT2D eigenvalue weighted by Gasteiger charge is -2.30. The highest BCUT2D eigenvalue weighted by Gasteiger charge is 2.42. The number of esters is 1. The number of hydrogen-bond donors (Lipinski definition) is 0. The van der Waals surface area contributed by atoms with Crippen molar-refractivity contribution in [1.82, 2.24) is 4.90 Å². The topological polar surface area (TPSA) is 46.6 Å². The van der Waals surface area contributed by atoms with Gasteiger partial charge in [-0.05, 0) is 24.8 Å².